The fraction of sp³-hybridized carbons (Fsp3) is 0.600. The molecule has 0 unspecified atom stereocenters. The van der Waals surface area contributed by atoms with Crippen LogP contribution in [0.2, 0.25) is 0 Å². The van der Waals surface area contributed by atoms with Gasteiger partial charge in [-0.3, -0.25) is 14.7 Å². The number of carbonyl (C=O) groups excluding carboxylic acids is 1. The minimum Gasteiger partial charge on any atom is -0.465 e. The molecule has 0 N–H and O–H groups in total. The average Bonchev–Trinajstić information content (AvgIpc) is 3.22. The van der Waals surface area contributed by atoms with Crippen molar-refractivity contribution in [3.8, 4) is 0 Å². The predicted octanol–water partition coefficient (Wildman–Crippen LogP) is 0.200. The number of hydrogen-bond acceptors (Lipinski definition) is 7. The lowest BCUT2D eigenvalue weighted by atomic mass is 10.0. The Balaban J connectivity index is 1.34. The van der Waals surface area contributed by atoms with Crippen molar-refractivity contribution >= 4 is 17.4 Å². The highest BCUT2D eigenvalue weighted by Gasteiger charge is 2.27. The van der Waals surface area contributed by atoms with Gasteiger partial charge in [0.1, 0.15) is 6.33 Å². The molecular formula is C15H20N6O2. The Labute approximate surface area is 134 Å². The Morgan fingerprint density at radius 3 is 2.87 bits per heavy atom. The number of rotatable bonds is 4. The molecule has 2 aliphatic heterocycles. The van der Waals surface area contributed by atoms with Crippen molar-refractivity contribution in [2.45, 2.75) is 12.8 Å². The van der Waals surface area contributed by atoms with Crippen molar-refractivity contribution in [1.82, 2.24) is 24.5 Å². The van der Waals surface area contributed by atoms with Crippen LogP contribution in [0.5, 0.6) is 0 Å². The molecule has 122 valence electrons. The molecule has 0 radical (unpaired) electrons. The second-order valence-corrected chi connectivity index (χ2v) is 6.07. The Bertz CT molecular complexity index is 694. The van der Waals surface area contributed by atoms with Gasteiger partial charge >= 0.3 is 5.97 Å². The van der Waals surface area contributed by atoms with Crippen LogP contribution in [0.3, 0.4) is 0 Å². The van der Waals surface area contributed by atoms with Gasteiger partial charge in [-0.1, -0.05) is 0 Å². The Kier molecular flexibility index (Phi) is 3.82. The summed E-state index contributed by atoms with van der Waals surface area (Å²) in [4.78, 5) is 24.6. The molecule has 1 atom stereocenters. The number of piperazine rings is 1. The van der Waals surface area contributed by atoms with Crippen LogP contribution in [0.15, 0.2) is 18.7 Å². The van der Waals surface area contributed by atoms with Crippen LogP contribution < -0.4 is 4.90 Å². The Morgan fingerprint density at radius 1 is 1.22 bits per heavy atom. The van der Waals surface area contributed by atoms with Gasteiger partial charge in [0.25, 0.3) is 0 Å². The predicted molar refractivity (Wildman–Crippen MR) is 83.1 cm³/mol. The molecule has 0 spiro atoms. The fourth-order valence-electron chi connectivity index (χ4n) is 3.29. The number of ether oxygens (including phenoxy) is 1. The first-order valence-corrected chi connectivity index (χ1v) is 8.09. The molecule has 0 bridgehead atoms. The van der Waals surface area contributed by atoms with Crippen LogP contribution in [0.25, 0.3) is 5.65 Å². The van der Waals surface area contributed by atoms with Crippen molar-refractivity contribution < 1.29 is 9.53 Å². The molecule has 2 saturated heterocycles. The van der Waals surface area contributed by atoms with Crippen LogP contribution in [0.1, 0.15) is 12.8 Å². The van der Waals surface area contributed by atoms with E-state index in [1.807, 2.05) is 10.7 Å². The maximum absolute atomic E-state index is 11.5. The zero-order valence-electron chi connectivity index (χ0n) is 13.0. The minimum absolute atomic E-state index is 0.0208. The summed E-state index contributed by atoms with van der Waals surface area (Å²) in [6.07, 6.45) is 6.88. The number of anilines is 1. The summed E-state index contributed by atoms with van der Waals surface area (Å²) in [7, 11) is 0. The third-order valence-corrected chi connectivity index (χ3v) is 4.71. The van der Waals surface area contributed by atoms with Gasteiger partial charge < -0.3 is 9.64 Å². The van der Waals surface area contributed by atoms with Crippen LogP contribution in [0.4, 0.5) is 5.82 Å². The van der Waals surface area contributed by atoms with Crippen molar-refractivity contribution in [3.05, 3.63) is 18.7 Å². The molecule has 0 amide bonds. The van der Waals surface area contributed by atoms with E-state index >= 15 is 0 Å². The van der Waals surface area contributed by atoms with Crippen LogP contribution in [-0.4, -0.2) is 69.8 Å². The summed E-state index contributed by atoms with van der Waals surface area (Å²) in [6, 6.07) is 0. The summed E-state index contributed by atoms with van der Waals surface area (Å²) < 4.78 is 6.86. The maximum Gasteiger partial charge on any atom is 0.309 e. The molecule has 2 aromatic heterocycles. The van der Waals surface area contributed by atoms with Gasteiger partial charge in [-0.2, -0.15) is 9.61 Å². The zero-order chi connectivity index (χ0) is 15.6. The largest absolute Gasteiger partial charge is 0.465 e. The number of aromatic nitrogens is 4. The van der Waals surface area contributed by atoms with Gasteiger partial charge in [-0.25, -0.2) is 4.98 Å². The van der Waals surface area contributed by atoms with Gasteiger partial charge in [0, 0.05) is 26.2 Å². The highest BCUT2D eigenvalue weighted by molar-refractivity contribution is 5.74. The topological polar surface area (TPSA) is 75.9 Å². The summed E-state index contributed by atoms with van der Waals surface area (Å²) >= 11 is 0. The highest BCUT2D eigenvalue weighted by atomic mass is 16.5. The first-order valence-electron chi connectivity index (χ1n) is 8.09. The van der Waals surface area contributed by atoms with Crippen molar-refractivity contribution in [2.75, 3.05) is 44.2 Å². The van der Waals surface area contributed by atoms with Crippen molar-refractivity contribution in [3.63, 3.8) is 0 Å². The van der Waals surface area contributed by atoms with E-state index < -0.39 is 0 Å². The molecule has 0 aliphatic carbocycles. The number of cyclic esters (lactones) is 1. The van der Waals surface area contributed by atoms with E-state index in [1.165, 1.54) is 0 Å². The molecule has 23 heavy (non-hydrogen) atoms. The molecule has 2 aromatic rings. The summed E-state index contributed by atoms with van der Waals surface area (Å²) in [5.41, 5.74) is 0.768. The van der Waals surface area contributed by atoms with Gasteiger partial charge in [-0.05, 0) is 19.4 Å². The monoisotopic (exact) mass is 316 g/mol. The van der Waals surface area contributed by atoms with Crippen LogP contribution in [-0.2, 0) is 9.53 Å². The first-order chi connectivity index (χ1) is 11.3. The summed E-state index contributed by atoms with van der Waals surface area (Å²) in [5.74, 6) is 1.06. The van der Waals surface area contributed by atoms with Gasteiger partial charge in [0.05, 0.1) is 24.9 Å². The molecule has 2 fully saturated rings. The van der Waals surface area contributed by atoms with E-state index in [9.17, 15) is 4.79 Å². The standard InChI is InChI=1S/C15H20N6O2/c22-15-12(2-8-23-15)1-3-19-4-6-20(7-5-19)14-10-16-9-13-17-11-18-21(13)14/h9-12H,1-8H2/t12-/m1/s1. The lowest BCUT2D eigenvalue weighted by Gasteiger charge is -2.35. The maximum atomic E-state index is 11.5. The average molecular weight is 316 g/mol. The normalized spacial score (nSPS) is 22.7. The minimum atomic E-state index is -0.0208. The summed E-state index contributed by atoms with van der Waals surface area (Å²) in [6.45, 7) is 5.36. The number of fused-ring (bicyclic) bond motifs is 1. The van der Waals surface area contributed by atoms with E-state index in [-0.39, 0.29) is 11.9 Å². The molecule has 0 saturated carbocycles. The van der Waals surface area contributed by atoms with E-state index in [0.29, 0.717) is 6.61 Å². The molecule has 8 heteroatoms. The van der Waals surface area contributed by atoms with Crippen molar-refractivity contribution in [1.29, 1.82) is 0 Å². The number of esters is 1. The second-order valence-electron chi connectivity index (χ2n) is 6.07. The van der Waals surface area contributed by atoms with E-state index in [1.54, 1.807) is 12.5 Å². The lowest BCUT2D eigenvalue weighted by Crippen LogP contribution is -2.47. The SMILES string of the molecule is O=C1OCC[C@H]1CCN1CCN(c2cncc3ncnn23)CC1. The molecule has 4 rings (SSSR count). The Hall–Kier alpha value is -2.22. The second kappa shape index (κ2) is 6.11. The quantitative estimate of drug-likeness (QED) is 0.746. The number of hydrogen-bond donors (Lipinski definition) is 0. The van der Waals surface area contributed by atoms with Gasteiger partial charge in [0.15, 0.2) is 11.5 Å². The first kappa shape index (κ1) is 14.4. The van der Waals surface area contributed by atoms with Gasteiger partial charge in [-0.15, -0.1) is 0 Å². The number of nitrogens with zero attached hydrogens (tertiary/aromatic N) is 6. The smallest absolute Gasteiger partial charge is 0.309 e. The third kappa shape index (κ3) is 2.86. The van der Waals surface area contributed by atoms with Crippen LogP contribution in [0, 0.1) is 5.92 Å². The van der Waals surface area contributed by atoms with Crippen LogP contribution >= 0.6 is 0 Å². The highest BCUT2D eigenvalue weighted by Crippen LogP contribution is 2.20. The van der Waals surface area contributed by atoms with Crippen molar-refractivity contribution in [2.24, 2.45) is 5.92 Å². The van der Waals surface area contributed by atoms with Gasteiger partial charge in [0.2, 0.25) is 0 Å². The number of carbonyl (C=O) groups is 1. The molecular weight excluding hydrogens is 296 g/mol. The molecule has 8 nitrogen and oxygen atoms in total. The molecule has 4 heterocycles. The zero-order valence-corrected chi connectivity index (χ0v) is 13.0. The third-order valence-electron chi connectivity index (χ3n) is 4.71. The van der Waals surface area contributed by atoms with E-state index in [2.05, 4.69) is 24.9 Å². The summed E-state index contributed by atoms with van der Waals surface area (Å²) in [5, 5.41) is 4.27. The Morgan fingerprint density at radius 2 is 2.09 bits per heavy atom. The lowest BCUT2D eigenvalue weighted by molar-refractivity contribution is -0.141. The van der Waals surface area contributed by atoms with E-state index in [0.717, 1.165) is 57.0 Å². The molecule has 2 aliphatic rings. The fourth-order valence-corrected chi connectivity index (χ4v) is 3.29. The molecule has 0 aromatic carbocycles. The van der Waals surface area contributed by atoms with E-state index in [4.69, 9.17) is 4.74 Å².